The van der Waals surface area contributed by atoms with Gasteiger partial charge in [-0.3, -0.25) is 0 Å². The Morgan fingerprint density at radius 3 is 1.93 bits per heavy atom. The van der Waals surface area contributed by atoms with Crippen molar-refractivity contribution >= 4 is 32.3 Å². The average Bonchev–Trinajstić information content (AvgIpc) is 2.99. The highest BCUT2D eigenvalue weighted by Crippen LogP contribution is 2.38. The number of methoxy groups -OCH3 is 3. The predicted molar refractivity (Wildman–Crippen MR) is 172 cm³/mol. The minimum absolute atomic E-state index is 0.110. The molecule has 0 saturated carbocycles. The van der Waals surface area contributed by atoms with E-state index in [2.05, 4.69) is 34.1 Å². The van der Waals surface area contributed by atoms with Crippen molar-refractivity contribution < 1.29 is 23.0 Å². The quantitative estimate of drug-likeness (QED) is 0.117. The van der Waals surface area contributed by atoms with Crippen LogP contribution in [0.3, 0.4) is 0 Å². The van der Waals surface area contributed by atoms with E-state index >= 15 is 0 Å². The summed E-state index contributed by atoms with van der Waals surface area (Å²) < 4.78 is 43.8. The van der Waals surface area contributed by atoms with Crippen molar-refractivity contribution in [3.8, 4) is 28.4 Å². The zero-order chi connectivity index (χ0) is 30.1. The van der Waals surface area contributed by atoms with Crippen molar-refractivity contribution in [2.75, 3.05) is 26.6 Å². The third kappa shape index (κ3) is 7.94. The van der Waals surface area contributed by atoms with E-state index in [1.807, 2.05) is 42.5 Å². The first-order valence-corrected chi connectivity index (χ1v) is 14.2. The Bertz CT molecular complexity index is 1510. The van der Waals surface area contributed by atoms with Crippen molar-refractivity contribution in [2.24, 2.45) is 0 Å². The van der Waals surface area contributed by atoms with Crippen LogP contribution in [0.5, 0.6) is 17.2 Å². The molecule has 42 heavy (non-hydrogen) atoms. The molecule has 10 heteroatoms. The molecule has 0 heterocycles. The number of rotatable bonds is 12. The van der Waals surface area contributed by atoms with Gasteiger partial charge < -0.3 is 30.2 Å². The molecule has 0 aromatic heterocycles. The van der Waals surface area contributed by atoms with Gasteiger partial charge in [0, 0.05) is 30.9 Å². The van der Waals surface area contributed by atoms with E-state index in [0.717, 1.165) is 27.8 Å². The molecule has 1 unspecified atom stereocenters. The maximum atomic E-state index is 13.7. The number of halogens is 2. The van der Waals surface area contributed by atoms with Gasteiger partial charge in [-0.05, 0) is 64.3 Å². The fourth-order valence-electron chi connectivity index (χ4n) is 4.61. The van der Waals surface area contributed by atoms with Crippen LogP contribution in [0, 0.1) is 0 Å². The second-order valence-corrected chi connectivity index (χ2v) is 10.6. The van der Waals surface area contributed by atoms with Gasteiger partial charge in [0.2, 0.25) is 5.75 Å². The van der Waals surface area contributed by atoms with Gasteiger partial charge in [0.1, 0.15) is 0 Å². The molecule has 0 fully saturated rings. The van der Waals surface area contributed by atoms with Gasteiger partial charge >= 0.3 is 0 Å². The lowest BCUT2D eigenvalue weighted by Crippen LogP contribution is -2.28. The largest absolute Gasteiger partial charge is 0.493 e. The van der Waals surface area contributed by atoms with E-state index < -0.39 is 5.66 Å². The number of ether oxygens (including phenoxy) is 3. The summed E-state index contributed by atoms with van der Waals surface area (Å²) in [6, 6.07) is 26.2. The number of benzene rings is 4. The van der Waals surface area contributed by atoms with Crippen LogP contribution >= 0.6 is 21.5 Å². The Balaban J connectivity index is 1.44. The number of hydrogen-bond donors (Lipinski definition) is 3. The normalized spacial score (nSPS) is 11.1. The highest BCUT2D eigenvalue weighted by atomic mass is 32.1. The molecular formula is C32H34F2N3O3PS. The molecule has 0 aliphatic heterocycles. The predicted octanol–water partition coefficient (Wildman–Crippen LogP) is 7.08. The van der Waals surface area contributed by atoms with Crippen LogP contribution in [0.2, 0.25) is 0 Å². The molecule has 220 valence electrons. The van der Waals surface area contributed by atoms with E-state index in [0.29, 0.717) is 47.7 Å². The number of thiocarbonyl (C=S) groups is 1. The maximum absolute atomic E-state index is 13.7. The number of anilines is 1. The van der Waals surface area contributed by atoms with Crippen LogP contribution in [0.25, 0.3) is 11.1 Å². The summed E-state index contributed by atoms with van der Waals surface area (Å²) in [7, 11) is 6.34. The average molecular weight is 610 g/mol. The summed E-state index contributed by atoms with van der Waals surface area (Å²) in [6.07, 6.45) is 0. The molecule has 4 aromatic carbocycles. The van der Waals surface area contributed by atoms with Gasteiger partial charge in [-0.15, -0.1) is 0 Å². The first-order chi connectivity index (χ1) is 20.2. The molecule has 1 atom stereocenters. The maximum Gasteiger partial charge on any atom is 0.283 e. The Morgan fingerprint density at radius 2 is 1.36 bits per heavy atom. The second-order valence-electron chi connectivity index (χ2n) is 9.46. The van der Waals surface area contributed by atoms with E-state index in [9.17, 15) is 8.78 Å². The molecule has 4 rings (SSSR count). The van der Waals surface area contributed by atoms with Crippen LogP contribution in [0.1, 0.15) is 22.3 Å². The summed E-state index contributed by atoms with van der Waals surface area (Å²) >= 11 is 5.46. The lowest BCUT2D eigenvalue weighted by atomic mass is 9.95. The molecule has 0 radical (unpaired) electrons. The van der Waals surface area contributed by atoms with Gasteiger partial charge in [-0.2, -0.15) is 8.78 Å². The SMILES string of the molecule is COc1cc(CNCc2ccccc2-c2ccccc2CNC(=S)Nc2cccc(C(F)(F)P)c2)cc(OC)c1OC. The monoisotopic (exact) mass is 609 g/mol. The van der Waals surface area contributed by atoms with Crippen LogP contribution < -0.4 is 30.2 Å². The lowest BCUT2D eigenvalue weighted by molar-refractivity contribution is 0.104. The summed E-state index contributed by atoms with van der Waals surface area (Å²) in [5.41, 5.74) is 2.72. The topological polar surface area (TPSA) is 63.8 Å². The van der Waals surface area contributed by atoms with Gasteiger partial charge in [0.25, 0.3) is 5.66 Å². The minimum atomic E-state index is -3.01. The van der Waals surface area contributed by atoms with Crippen LogP contribution in [-0.2, 0) is 25.3 Å². The fourth-order valence-corrected chi connectivity index (χ4v) is 4.98. The lowest BCUT2D eigenvalue weighted by Gasteiger charge is -2.17. The van der Waals surface area contributed by atoms with E-state index in [1.165, 1.54) is 12.1 Å². The first kappa shape index (κ1) is 31.2. The number of alkyl halides is 2. The van der Waals surface area contributed by atoms with Crippen LogP contribution in [-0.4, -0.2) is 26.4 Å². The third-order valence-corrected chi connectivity index (χ3v) is 7.22. The van der Waals surface area contributed by atoms with Crippen LogP contribution in [0.4, 0.5) is 14.5 Å². The second kappa shape index (κ2) is 14.4. The molecule has 0 amide bonds. The highest BCUT2D eigenvalue weighted by Gasteiger charge is 2.24. The van der Waals surface area contributed by atoms with Crippen molar-refractivity contribution in [1.82, 2.24) is 10.6 Å². The Labute approximate surface area is 253 Å². The molecule has 3 N–H and O–H groups in total. The molecule has 6 nitrogen and oxygen atoms in total. The van der Waals surface area contributed by atoms with Gasteiger partial charge in [0.05, 0.1) is 21.3 Å². The standard InChI is InChI=1S/C32H34F2N3O3PS/c1-38-28-15-21(16-29(39-2)30(28)40-3)18-35-19-22-9-4-6-13-26(22)27-14-7-5-10-23(27)20-36-31(42)37-25-12-8-11-24(17-25)32(33,34)41/h4-17,35H,18-20,41H2,1-3H3,(H2,36,37,42). The van der Waals surface area contributed by atoms with Crippen molar-refractivity contribution in [3.05, 3.63) is 107 Å². The van der Waals surface area contributed by atoms with Crippen LogP contribution in [0.15, 0.2) is 84.9 Å². The van der Waals surface area contributed by atoms with Crippen molar-refractivity contribution in [3.63, 3.8) is 0 Å². The molecule has 4 aromatic rings. The molecule has 0 saturated heterocycles. The Morgan fingerprint density at radius 1 is 0.762 bits per heavy atom. The summed E-state index contributed by atoms with van der Waals surface area (Å²) in [5.74, 6) is 1.78. The summed E-state index contributed by atoms with van der Waals surface area (Å²) in [6.45, 7) is 1.68. The molecule has 0 aliphatic carbocycles. The minimum Gasteiger partial charge on any atom is -0.493 e. The molecule has 0 aliphatic rings. The van der Waals surface area contributed by atoms with Gasteiger partial charge in [-0.25, -0.2) is 0 Å². The summed E-state index contributed by atoms with van der Waals surface area (Å²) in [5, 5.41) is 10.1. The van der Waals surface area contributed by atoms with Gasteiger partial charge in [-0.1, -0.05) is 69.9 Å². The third-order valence-electron chi connectivity index (χ3n) is 6.64. The van der Waals surface area contributed by atoms with Gasteiger partial charge in [0.15, 0.2) is 16.6 Å². The zero-order valence-corrected chi connectivity index (χ0v) is 25.6. The smallest absolute Gasteiger partial charge is 0.283 e. The van der Waals surface area contributed by atoms with E-state index in [1.54, 1.807) is 42.7 Å². The first-order valence-electron chi connectivity index (χ1n) is 13.2. The number of hydrogen-bond acceptors (Lipinski definition) is 5. The fraction of sp³-hybridized carbons (Fsp3) is 0.219. The Kier molecular flexibility index (Phi) is 10.7. The van der Waals surface area contributed by atoms with Crippen molar-refractivity contribution in [1.29, 1.82) is 0 Å². The summed E-state index contributed by atoms with van der Waals surface area (Å²) in [4.78, 5) is 0. The number of nitrogens with one attached hydrogen (secondary N) is 3. The highest BCUT2D eigenvalue weighted by molar-refractivity contribution is 7.80. The molecular weight excluding hydrogens is 575 g/mol. The zero-order valence-electron chi connectivity index (χ0n) is 23.7. The van der Waals surface area contributed by atoms with E-state index in [-0.39, 0.29) is 5.56 Å². The van der Waals surface area contributed by atoms with E-state index in [4.69, 9.17) is 26.4 Å². The molecule has 0 bridgehead atoms. The Hall–Kier alpha value is -3.78. The molecule has 0 spiro atoms. The van der Waals surface area contributed by atoms with Crippen molar-refractivity contribution in [2.45, 2.75) is 25.3 Å².